The summed E-state index contributed by atoms with van der Waals surface area (Å²) in [7, 11) is 1.69. The summed E-state index contributed by atoms with van der Waals surface area (Å²) >= 11 is 0. The van der Waals surface area contributed by atoms with Crippen LogP contribution in [0.15, 0.2) is 67.0 Å². The van der Waals surface area contributed by atoms with E-state index < -0.39 is 0 Å². The number of aromatic nitrogens is 3. The van der Waals surface area contributed by atoms with Crippen molar-refractivity contribution in [2.24, 2.45) is 0 Å². The van der Waals surface area contributed by atoms with Crippen LogP contribution in [0, 0.1) is 0 Å². The number of benzene rings is 2. The van der Waals surface area contributed by atoms with E-state index in [1.807, 2.05) is 42.7 Å². The number of anilines is 2. The Morgan fingerprint density at radius 1 is 1.13 bits per heavy atom. The molecule has 0 radical (unpaired) electrons. The third-order valence-corrected chi connectivity index (χ3v) is 5.42. The van der Waals surface area contributed by atoms with Crippen LogP contribution in [0.2, 0.25) is 0 Å². The van der Waals surface area contributed by atoms with Gasteiger partial charge in [-0.15, -0.1) is 0 Å². The molecule has 2 aromatic carbocycles. The maximum Gasteiger partial charge on any atom is 0.229 e. The number of nitrogens with one attached hydrogen (secondary N) is 2. The Morgan fingerprint density at radius 3 is 2.71 bits per heavy atom. The Balaban J connectivity index is 1.38. The fourth-order valence-corrected chi connectivity index (χ4v) is 3.80. The normalized spacial score (nSPS) is 16.5. The lowest BCUT2D eigenvalue weighted by atomic mass is 10.1. The van der Waals surface area contributed by atoms with Gasteiger partial charge >= 0.3 is 0 Å². The molecule has 2 N–H and O–H groups in total. The predicted molar refractivity (Wildman–Crippen MR) is 121 cm³/mol. The lowest BCUT2D eigenvalue weighted by Crippen LogP contribution is -2.33. The van der Waals surface area contributed by atoms with Crippen molar-refractivity contribution >= 4 is 22.7 Å². The number of nitrogens with zero attached hydrogens (tertiary/aromatic N) is 3. The first-order chi connectivity index (χ1) is 15.3. The van der Waals surface area contributed by atoms with Crippen LogP contribution in [-0.4, -0.2) is 41.3 Å². The molecule has 1 unspecified atom stereocenters. The molecule has 7 heteroatoms. The van der Waals surface area contributed by atoms with Crippen LogP contribution in [0.1, 0.15) is 17.2 Å². The zero-order chi connectivity index (χ0) is 21.0. The second-order valence-corrected chi connectivity index (χ2v) is 7.57. The van der Waals surface area contributed by atoms with Crippen molar-refractivity contribution < 1.29 is 9.47 Å². The minimum absolute atomic E-state index is 0.109. The van der Waals surface area contributed by atoms with E-state index in [4.69, 9.17) is 14.5 Å². The summed E-state index contributed by atoms with van der Waals surface area (Å²) in [4.78, 5) is 9.22. The second kappa shape index (κ2) is 8.85. The fraction of sp³-hybridized carbons (Fsp3) is 0.250. The minimum atomic E-state index is 0.109. The topological polar surface area (TPSA) is 73.2 Å². The summed E-state index contributed by atoms with van der Waals surface area (Å²) in [6.07, 6.45) is 3.98. The van der Waals surface area contributed by atoms with Crippen LogP contribution >= 0.6 is 0 Å². The van der Waals surface area contributed by atoms with Gasteiger partial charge in [0.1, 0.15) is 5.65 Å². The molecule has 2 aromatic heterocycles. The van der Waals surface area contributed by atoms with E-state index >= 15 is 0 Å². The first-order valence-electron chi connectivity index (χ1n) is 10.4. The van der Waals surface area contributed by atoms with Crippen molar-refractivity contribution in [3.63, 3.8) is 0 Å². The first-order valence-corrected chi connectivity index (χ1v) is 10.4. The van der Waals surface area contributed by atoms with Crippen molar-refractivity contribution in [2.45, 2.75) is 12.7 Å². The summed E-state index contributed by atoms with van der Waals surface area (Å²) in [6, 6.07) is 18.6. The molecule has 0 bridgehead atoms. The van der Waals surface area contributed by atoms with Crippen LogP contribution in [0.3, 0.4) is 0 Å². The maximum absolute atomic E-state index is 5.85. The van der Waals surface area contributed by atoms with Crippen LogP contribution in [-0.2, 0) is 16.1 Å². The molecule has 0 saturated carbocycles. The molecule has 0 spiro atoms. The van der Waals surface area contributed by atoms with Crippen LogP contribution < -0.4 is 10.6 Å². The zero-order valence-corrected chi connectivity index (χ0v) is 17.4. The van der Waals surface area contributed by atoms with Gasteiger partial charge in [0.2, 0.25) is 5.95 Å². The average molecular weight is 415 g/mol. The Labute approximate surface area is 181 Å². The largest absolute Gasteiger partial charge is 0.380 e. The lowest BCUT2D eigenvalue weighted by molar-refractivity contribution is 0.0277. The van der Waals surface area contributed by atoms with Crippen molar-refractivity contribution in [1.82, 2.24) is 19.9 Å². The minimum Gasteiger partial charge on any atom is -0.380 e. The first kappa shape index (κ1) is 19.7. The van der Waals surface area contributed by atoms with E-state index in [-0.39, 0.29) is 6.10 Å². The van der Waals surface area contributed by atoms with E-state index in [1.54, 1.807) is 7.11 Å². The SMILES string of the molecule is COCc1ccc(Nc2ncc3ccn(-c4ccc(C5CNCCO5)cc4)c3n2)cc1. The second-order valence-electron chi connectivity index (χ2n) is 7.57. The highest BCUT2D eigenvalue weighted by Crippen LogP contribution is 2.24. The number of hydrogen-bond acceptors (Lipinski definition) is 6. The van der Waals surface area contributed by atoms with E-state index in [1.165, 1.54) is 5.56 Å². The highest BCUT2D eigenvalue weighted by Gasteiger charge is 2.15. The smallest absolute Gasteiger partial charge is 0.229 e. The van der Waals surface area contributed by atoms with Crippen molar-refractivity contribution in [3.05, 3.63) is 78.1 Å². The lowest BCUT2D eigenvalue weighted by Gasteiger charge is -2.24. The van der Waals surface area contributed by atoms with Gasteiger partial charge in [-0.1, -0.05) is 24.3 Å². The highest BCUT2D eigenvalue weighted by molar-refractivity contribution is 5.78. The number of morpholine rings is 1. The number of methoxy groups -OCH3 is 1. The van der Waals surface area contributed by atoms with Gasteiger partial charge in [-0.2, -0.15) is 4.98 Å². The van der Waals surface area contributed by atoms with Gasteiger partial charge in [0, 0.05) is 49.4 Å². The van der Waals surface area contributed by atoms with Gasteiger partial charge in [0.25, 0.3) is 0 Å². The van der Waals surface area contributed by atoms with Crippen LogP contribution in [0.4, 0.5) is 11.6 Å². The van der Waals surface area contributed by atoms with E-state index in [2.05, 4.69) is 44.5 Å². The van der Waals surface area contributed by atoms with E-state index in [0.717, 1.165) is 47.7 Å². The number of hydrogen-bond donors (Lipinski definition) is 2. The molecule has 1 saturated heterocycles. The van der Waals surface area contributed by atoms with Gasteiger partial charge < -0.3 is 24.7 Å². The Kier molecular flexibility index (Phi) is 5.62. The van der Waals surface area contributed by atoms with Crippen molar-refractivity contribution in [3.8, 4) is 5.69 Å². The molecule has 1 atom stereocenters. The quantitative estimate of drug-likeness (QED) is 0.496. The molecule has 31 heavy (non-hydrogen) atoms. The number of ether oxygens (including phenoxy) is 2. The molecule has 158 valence electrons. The van der Waals surface area contributed by atoms with Gasteiger partial charge in [0.15, 0.2) is 0 Å². The van der Waals surface area contributed by atoms with Crippen LogP contribution in [0.5, 0.6) is 0 Å². The molecule has 5 rings (SSSR count). The number of rotatable bonds is 6. The Morgan fingerprint density at radius 2 is 1.97 bits per heavy atom. The van der Waals surface area contributed by atoms with Crippen LogP contribution in [0.25, 0.3) is 16.7 Å². The Bertz CT molecular complexity index is 1150. The van der Waals surface area contributed by atoms with Gasteiger partial charge in [-0.05, 0) is 41.5 Å². The fourth-order valence-electron chi connectivity index (χ4n) is 3.80. The molecule has 4 aromatic rings. The summed E-state index contributed by atoms with van der Waals surface area (Å²) in [6.45, 7) is 3.10. The average Bonchev–Trinajstić information content (AvgIpc) is 3.25. The monoisotopic (exact) mass is 415 g/mol. The summed E-state index contributed by atoms with van der Waals surface area (Å²) in [5.41, 5.74) is 5.15. The van der Waals surface area contributed by atoms with Crippen molar-refractivity contribution in [1.29, 1.82) is 0 Å². The van der Waals surface area contributed by atoms with Gasteiger partial charge in [-0.3, -0.25) is 0 Å². The number of fused-ring (bicyclic) bond motifs is 1. The molecule has 7 nitrogen and oxygen atoms in total. The maximum atomic E-state index is 5.85. The summed E-state index contributed by atoms with van der Waals surface area (Å²) in [5.74, 6) is 0.560. The Hall–Kier alpha value is -3.26. The van der Waals surface area contributed by atoms with Gasteiger partial charge in [-0.25, -0.2) is 4.98 Å². The third-order valence-electron chi connectivity index (χ3n) is 5.42. The molecule has 1 aliphatic heterocycles. The van der Waals surface area contributed by atoms with Crippen molar-refractivity contribution in [2.75, 3.05) is 32.1 Å². The molecule has 3 heterocycles. The summed E-state index contributed by atoms with van der Waals surface area (Å²) < 4.78 is 13.1. The molecule has 0 amide bonds. The van der Waals surface area contributed by atoms with E-state index in [0.29, 0.717) is 12.6 Å². The molecule has 0 aliphatic carbocycles. The molecular formula is C24H25N5O2. The summed E-state index contributed by atoms with van der Waals surface area (Å²) in [5, 5.41) is 7.65. The van der Waals surface area contributed by atoms with E-state index in [9.17, 15) is 0 Å². The molecule has 1 fully saturated rings. The standard InChI is InChI=1S/C24H25N5O2/c1-30-16-17-2-6-20(7-3-17)27-24-26-14-19-10-12-29(23(19)28-24)21-8-4-18(5-9-21)22-15-25-11-13-31-22/h2-10,12,14,22,25H,11,13,15-16H2,1H3,(H,26,27,28). The highest BCUT2D eigenvalue weighted by atomic mass is 16.5. The predicted octanol–water partition coefficient (Wildman–Crippen LogP) is 3.97. The third kappa shape index (κ3) is 4.29. The molecular weight excluding hydrogens is 390 g/mol. The van der Waals surface area contributed by atoms with Gasteiger partial charge in [0.05, 0.1) is 19.3 Å². The molecule has 1 aliphatic rings. The zero-order valence-electron chi connectivity index (χ0n) is 17.4.